The van der Waals surface area contributed by atoms with Gasteiger partial charge in [-0.2, -0.15) is 10.2 Å². The van der Waals surface area contributed by atoms with Gasteiger partial charge >= 0.3 is 0 Å². The topological polar surface area (TPSA) is 62.7 Å². The van der Waals surface area contributed by atoms with E-state index in [0.29, 0.717) is 28.4 Å². The second kappa shape index (κ2) is 5.17. The number of aryl methyl sites for hydroxylation is 1. The van der Waals surface area contributed by atoms with Crippen LogP contribution in [0.5, 0.6) is 0 Å². The molecule has 2 aromatic carbocycles. The van der Waals surface area contributed by atoms with Gasteiger partial charge in [-0.1, -0.05) is 11.2 Å². The minimum Gasteiger partial charge on any atom is -0.334 e. The van der Waals surface area contributed by atoms with E-state index in [0.717, 1.165) is 5.56 Å². The van der Waals surface area contributed by atoms with Crippen LogP contribution in [0.25, 0.3) is 22.8 Å². The van der Waals surface area contributed by atoms with Crippen molar-refractivity contribution >= 4 is 0 Å². The lowest BCUT2D eigenvalue weighted by Crippen LogP contribution is -1.87. The lowest BCUT2D eigenvalue weighted by Gasteiger charge is -1.99. The van der Waals surface area contributed by atoms with E-state index in [2.05, 4.69) is 10.1 Å². The largest absolute Gasteiger partial charge is 0.334 e. The first-order chi connectivity index (χ1) is 10.2. The number of hydrogen-bond donors (Lipinski definition) is 0. The van der Waals surface area contributed by atoms with Crippen LogP contribution in [0.4, 0.5) is 4.39 Å². The summed E-state index contributed by atoms with van der Waals surface area (Å²) in [5.41, 5.74) is 2.73. The third-order valence-corrected chi connectivity index (χ3v) is 3.13. The number of nitriles is 1. The Morgan fingerprint density at radius 2 is 1.90 bits per heavy atom. The molecule has 21 heavy (non-hydrogen) atoms. The maximum atomic E-state index is 13.3. The average Bonchev–Trinajstić information content (AvgIpc) is 2.99. The summed E-state index contributed by atoms with van der Waals surface area (Å²) in [5, 5.41) is 12.7. The molecule has 0 fully saturated rings. The van der Waals surface area contributed by atoms with Gasteiger partial charge in [0.05, 0.1) is 11.6 Å². The summed E-state index contributed by atoms with van der Waals surface area (Å²) in [4.78, 5) is 4.28. The van der Waals surface area contributed by atoms with Gasteiger partial charge in [0.25, 0.3) is 5.89 Å². The highest BCUT2D eigenvalue weighted by Crippen LogP contribution is 2.25. The zero-order chi connectivity index (χ0) is 14.8. The lowest BCUT2D eigenvalue weighted by atomic mass is 10.1. The summed E-state index contributed by atoms with van der Waals surface area (Å²) in [6.45, 7) is 1.85. The summed E-state index contributed by atoms with van der Waals surface area (Å²) < 4.78 is 18.5. The van der Waals surface area contributed by atoms with Gasteiger partial charge in [-0.25, -0.2) is 4.39 Å². The van der Waals surface area contributed by atoms with Crippen molar-refractivity contribution in [2.75, 3.05) is 0 Å². The zero-order valence-corrected chi connectivity index (χ0v) is 11.2. The molecule has 0 radical (unpaired) electrons. The third kappa shape index (κ3) is 2.51. The van der Waals surface area contributed by atoms with Crippen LogP contribution in [0.15, 0.2) is 47.0 Å². The number of rotatable bonds is 2. The molecule has 0 aliphatic heterocycles. The number of halogens is 1. The SMILES string of the molecule is Cc1ccc(F)cc1-c1noc(-c2ccc(C#N)cc2)n1. The van der Waals surface area contributed by atoms with Crippen LogP contribution in [0, 0.1) is 24.1 Å². The Hall–Kier alpha value is -3.00. The second-order valence-corrected chi connectivity index (χ2v) is 4.57. The molecule has 0 aliphatic rings. The molecule has 0 saturated carbocycles. The molecule has 0 N–H and O–H groups in total. The van der Waals surface area contributed by atoms with Gasteiger partial charge in [-0.3, -0.25) is 0 Å². The van der Waals surface area contributed by atoms with Crippen LogP contribution in [0.2, 0.25) is 0 Å². The maximum Gasteiger partial charge on any atom is 0.258 e. The van der Waals surface area contributed by atoms with Gasteiger partial charge in [-0.15, -0.1) is 0 Å². The van der Waals surface area contributed by atoms with Crippen molar-refractivity contribution in [3.8, 4) is 28.9 Å². The molecule has 102 valence electrons. The van der Waals surface area contributed by atoms with E-state index >= 15 is 0 Å². The fourth-order valence-electron chi connectivity index (χ4n) is 1.97. The summed E-state index contributed by atoms with van der Waals surface area (Å²) in [6.07, 6.45) is 0. The average molecular weight is 279 g/mol. The first kappa shape index (κ1) is 13.0. The number of benzene rings is 2. The van der Waals surface area contributed by atoms with Gasteiger partial charge in [0.2, 0.25) is 5.82 Å². The first-order valence-electron chi connectivity index (χ1n) is 6.28. The highest BCUT2D eigenvalue weighted by atomic mass is 19.1. The number of hydrogen-bond acceptors (Lipinski definition) is 4. The first-order valence-corrected chi connectivity index (χ1v) is 6.28. The maximum absolute atomic E-state index is 13.3. The zero-order valence-electron chi connectivity index (χ0n) is 11.2. The van der Waals surface area contributed by atoms with Crippen molar-refractivity contribution in [2.24, 2.45) is 0 Å². The van der Waals surface area contributed by atoms with E-state index in [1.807, 2.05) is 13.0 Å². The summed E-state index contributed by atoms with van der Waals surface area (Å²) in [5.74, 6) is 0.324. The molecule has 1 heterocycles. The minimum absolute atomic E-state index is 0.332. The van der Waals surface area contributed by atoms with Crippen LogP contribution in [0.3, 0.4) is 0 Å². The molecule has 0 aliphatic carbocycles. The van der Waals surface area contributed by atoms with Crippen LogP contribution < -0.4 is 0 Å². The Bertz CT molecular complexity index is 831. The Morgan fingerprint density at radius 3 is 2.62 bits per heavy atom. The van der Waals surface area contributed by atoms with Crippen LogP contribution in [0.1, 0.15) is 11.1 Å². The molecule has 0 atom stereocenters. The van der Waals surface area contributed by atoms with E-state index in [1.165, 1.54) is 12.1 Å². The minimum atomic E-state index is -0.347. The van der Waals surface area contributed by atoms with E-state index in [4.69, 9.17) is 9.78 Å². The van der Waals surface area contributed by atoms with Crippen LogP contribution in [-0.2, 0) is 0 Å². The monoisotopic (exact) mass is 279 g/mol. The van der Waals surface area contributed by atoms with Gasteiger partial charge in [0.1, 0.15) is 5.82 Å². The van der Waals surface area contributed by atoms with E-state index in [9.17, 15) is 4.39 Å². The molecular weight excluding hydrogens is 269 g/mol. The summed E-state index contributed by atoms with van der Waals surface area (Å²) in [6, 6.07) is 13.3. The van der Waals surface area contributed by atoms with Crippen molar-refractivity contribution in [3.05, 3.63) is 59.4 Å². The van der Waals surface area contributed by atoms with Crippen molar-refractivity contribution in [2.45, 2.75) is 6.92 Å². The van der Waals surface area contributed by atoms with Crippen molar-refractivity contribution in [1.82, 2.24) is 10.1 Å². The van der Waals surface area contributed by atoms with Crippen LogP contribution in [-0.4, -0.2) is 10.1 Å². The second-order valence-electron chi connectivity index (χ2n) is 4.57. The van der Waals surface area contributed by atoms with Crippen molar-refractivity contribution < 1.29 is 8.91 Å². The highest BCUT2D eigenvalue weighted by molar-refractivity contribution is 5.63. The standard InChI is InChI=1S/C16H10FN3O/c1-10-2-7-13(17)8-14(10)15-19-16(21-20-15)12-5-3-11(9-18)4-6-12/h2-8H,1H3. The van der Waals surface area contributed by atoms with Crippen molar-refractivity contribution in [1.29, 1.82) is 5.26 Å². The fourth-order valence-corrected chi connectivity index (χ4v) is 1.97. The van der Waals surface area contributed by atoms with Crippen LogP contribution >= 0.6 is 0 Å². The molecule has 0 amide bonds. The molecule has 1 aromatic heterocycles. The Morgan fingerprint density at radius 1 is 1.14 bits per heavy atom. The smallest absolute Gasteiger partial charge is 0.258 e. The highest BCUT2D eigenvalue weighted by Gasteiger charge is 2.13. The molecule has 3 rings (SSSR count). The third-order valence-electron chi connectivity index (χ3n) is 3.13. The summed E-state index contributed by atoms with van der Waals surface area (Å²) in [7, 11) is 0. The number of aromatic nitrogens is 2. The number of nitrogens with zero attached hydrogens (tertiary/aromatic N) is 3. The lowest BCUT2D eigenvalue weighted by molar-refractivity contribution is 0.432. The predicted molar refractivity (Wildman–Crippen MR) is 74.6 cm³/mol. The molecule has 0 saturated heterocycles. The van der Waals surface area contributed by atoms with E-state index in [1.54, 1.807) is 30.3 Å². The molecule has 5 heteroatoms. The Balaban J connectivity index is 1.99. The fraction of sp³-hybridized carbons (Fsp3) is 0.0625. The molecule has 0 spiro atoms. The molecule has 3 aromatic rings. The molecule has 0 unspecified atom stereocenters. The van der Waals surface area contributed by atoms with E-state index in [-0.39, 0.29) is 5.82 Å². The normalized spacial score (nSPS) is 10.3. The molecular formula is C16H10FN3O. The van der Waals surface area contributed by atoms with Crippen molar-refractivity contribution in [3.63, 3.8) is 0 Å². The Labute approximate surface area is 120 Å². The predicted octanol–water partition coefficient (Wildman–Crippen LogP) is 3.72. The quantitative estimate of drug-likeness (QED) is 0.717. The van der Waals surface area contributed by atoms with Gasteiger partial charge in [0, 0.05) is 11.1 Å². The molecule has 0 bridgehead atoms. The Kier molecular flexibility index (Phi) is 3.20. The van der Waals surface area contributed by atoms with Gasteiger partial charge in [-0.05, 0) is 48.9 Å². The van der Waals surface area contributed by atoms with E-state index < -0.39 is 0 Å². The van der Waals surface area contributed by atoms with Gasteiger partial charge in [0.15, 0.2) is 0 Å². The van der Waals surface area contributed by atoms with Gasteiger partial charge < -0.3 is 4.52 Å². The molecule has 4 nitrogen and oxygen atoms in total. The summed E-state index contributed by atoms with van der Waals surface area (Å²) >= 11 is 0.